The minimum atomic E-state index is -0.0647. The summed E-state index contributed by atoms with van der Waals surface area (Å²) in [5.74, 6) is -0.0647. The molecule has 1 fully saturated rings. The molecule has 3 aromatic carbocycles. The molecule has 2 aliphatic heterocycles. The van der Waals surface area contributed by atoms with Crippen molar-refractivity contribution in [2.75, 3.05) is 30.9 Å². The minimum Gasteiger partial charge on any atom is -0.377 e. The predicted molar refractivity (Wildman–Crippen MR) is 145 cm³/mol. The summed E-state index contributed by atoms with van der Waals surface area (Å²) in [7, 11) is 5.80. The van der Waals surface area contributed by atoms with E-state index in [1.54, 1.807) is 22.7 Å². The van der Waals surface area contributed by atoms with E-state index in [-0.39, 0.29) is 5.91 Å². The van der Waals surface area contributed by atoms with Crippen LogP contribution in [0.4, 0.5) is 17.1 Å². The van der Waals surface area contributed by atoms with E-state index in [0.29, 0.717) is 27.9 Å². The van der Waals surface area contributed by atoms with Crippen LogP contribution < -0.4 is 9.80 Å². The Morgan fingerprint density at radius 3 is 2.46 bits per heavy atom. The Balaban J connectivity index is 1.56. The topological polar surface area (TPSA) is 62.9 Å². The van der Waals surface area contributed by atoms with Crippen LogP contribution >= 0.6 is 23.5 Å². The molecule has 0 bridgehead atoms. The van der Waals surface area contributed by atoms with Crippen LogP contribution in [0.5, 0.6) is 0 Å². The first-order valence-corrected chi connectivity index (χ1v) is 12.7. The number of thioether (sulfide) groups is 2. The molecule has 8 heteroatoms. The number of aliphatic imine (C=N–C) groups is 1. The SMILES string of the molecule is CN(C)c1ccc(N=C2S/C(=C3/Sc4ccccc4N3C)C(=O)N2Cc2ccccc2)cc1C#N. The molecule has 1 amide bonds. The molecule has 5 rings (SSSR count). The number of amidine groups is 1. The van der Waals surface area contributed by atoms with E-state index < -0.39 is 0 Å². The van der Waals surface area contributed by atoms with E-state index in [1.807, 2.05) is 80.6 Å². The highest BCUT2D eigenvalue weighted by Crippen LogP contribution is 2.50. The van der Waals surface area contributed by atoms with Gasteiger partial charge in [-0.25, -0.2) is 4.99 Å². The monoisotopic (exact) mass is 497 g/mol. The van der Waals surface area contributed by atoms with E-state index in [1.165, 1.54) is 11.8 Å². The molecule has 0 aliphatic carbocycles. The first kappa shape index (κ1) is 23.1. The molecule has 3 aromatic rings. The number of rotatable bonds is 4. The Bertz CT molecular complexity index is 1410. The fourth-order valence-electron chi connectivity index (χ4n) is 4.01. The number of amides is 1. The van der Waals surface area contributed by atoms with Gasteiger partial charge in [0.1, 0.15) is 11.0 Å². The van der Waals surface area contributed by atoms with E-state index in [0.717, 1.165) is 26.9 Å². The maximum absolute atomic E-state index is 13.7. The molecule has 2 heterocycles. The number of carbonyl (C=O) groups excluding carboxylic acids is 1. The largest absolute Gasteiger partial charge is 0.377 e. The second-order valence-electron chi connectivity index (χ2n) is 8.34. The molecule has 0 radical (unpaired) electrons. The lowest BCUT2D eigenvalue weighted by Gasteiger charge is -2.17. The quantitative estimate of drug-likeness (QED) is 0.425. The normalized spacial score (nSPS) is 18.2. The summed E-state index contributed by atoms with van der Waals surface area (Å²) in [4.78, 5) is 26.1. The first-order chi connectivity index (χ1) is 17.0. The molecular weight excluding hydrogens is 474 g/mol. The van der Waals surface area contributed by atoms with Crippen molar-refractivity contribution in [2.45, 2.75) is 11.4 Å². The number of benzene rings is 3. The number of hydrogen-bond donors (Lipinski definition) is 0. The van der Waals surface area contributed by atoms with E-state index in [2.05, 4.69) is 23.1 Å². The molecule has 174 valence electrons. The molecule has 0 unspecified atom stereocenters. The summed E-state index contributed by atoms with van der Waals surface area (Å²) in [5.41, 5.74) is 4.13. The highest BCUT2D eigenvalue weighted by Gasteiger charge is 2.39. The molecule has 0 saturated carbocycles. The molecule has 0 spiro atoms. The Labute approximate surface area is 213 Å². The molecule has 0 aromatic heterocycles. The van der Waals surface area contributed by atoms with Gasteiger partial charge in [0.15, 0.2) is 5.17 Å². The molecule has 6 nitrogen and oxygen atoms in total. The fourth-order valence-corrected chi connectivity index (χ4v) is 6.35. The average Bonchev–Trinajstić information content (AvgIpc) is 3.36. The lowest BCUT2D eigenvalue weighted by Crippen LogP contribution is -2.29. The van der Waals surface area contributed by atoms with Crippen LogP contribution in [0.2, 0.25) is 0 Å². The highest BCUT2D eigenvalue weighted by molar-refractivity contribution is 8.19. The highest BCUT2D eigenvalue weighted by atomic mass is 32.2. The van der Waals surface area contributed by atoms with Gasteiger partial charge in [0.05, 0.1) is 34.2 Å². The maximum Gasteiger partial charge on any atom is 0.269 e. The predicted octanol–water partition coefficient (Wildman–Crippen LogP) is 5.80. The van der Waals surface area contributed by atoms with Crippen molar-refractivity contribution in [3.63, 3.8) is 0 Å². The van der Waals surface area contributed by atoms with Gasteiger partial charge in [-0.15, -0.1) is 0 Å². The molecular formula is C27H23N5OS2. The Morgan fingerprint density at radius 2 is 1.74 bits per heavy atom. The smallest absolute Gasteiger partial charge is 0.269 e. The summed E-state index contributed by atoms with van der Waals surface area (Å²) in [6.07, 6.45) is 0. The third-order valence-electron chi connectivity index (χ3n) is 5.79. The van der Waals surface area contributed by atoms with Gasteiger partial charge in [-0.3, -0.25) is 9.69 Å². The van der Waals surface area contributed by atoms with Gasteiger partial charge < -0.3 is 9.80 Å². The average molecular weight is 498 g/mol. The van der Waals surface area contributed by atoms with Crippen molar-refractivity contribution in [3.8, 4) is 6.07 Å². The van der Waals surface area contributed by atoms with Gasteiger partial charge in [-0.2, -0.15) is 5.26 Å². The maximum atomic E-state index is 13.7. The number of fused-ring (bicyclic) bond motifs is 1. The fraction of sp³-hybridized carbons (Fsp3) is 0.148. The summed E-state index contributed by atoms with van der Waals surface area (Å²) in [6, 6.07) is 25.8. The zero-order valence-electron chi connectivity index (χ0n) is 19.6. The van der Waals surface area contributed by atoms with Gasteiger partial charge in [0, 0.05) is 26.0 Å². The summed E-state index contributed by atoms with van der Waals surface area (Å²) >= 11 is 2.99. The lowest BCUT2D eigenvalue weighted by molar-refractivity contribution is -0.122. The van der Waals surface area contributed by atoms with Crippen molar-refractivity contribution in [1.82, 2.24) is 4.90 Å². The van der Waals surface area contributed by atoms with Crippen molar-refractivity contribution >= 4 is 51.7 Å². The van der Waals surface area contributed by atoms with Gasteiger partial charge in [-0.1, -0.05) is 54.2 Å². The van der Waals surface area contributed by atoms with E-state index in [4.69, 9.17) is 4.99 Å². The number of anilines is 2. The Morgan fingerprint density at radius 1 is 1.00 bits per heavy atom. The molecule has 35 heavy (non-hydrogen) atoms. The van der Waals surface area contributed by atoms with Gasteiger partial charge in [0.25, 0.3) is 5.91 Å². The van der Waals surface area contributed by atoms with Crippen molar-refractivity contribution in [2.24, 2.45) is 4.99 Å². The Kier molecular flexibility index (Phi) is 6.29. The number of para-hydroxylation sites is 1. The second kappa shape index (κ2) is 9.53. The van der Waals surface area contributed by atoms with Gasteiger partial charge >= 0.3 is 0 Å². The van der Waals surface area contributed by atoms with E-state index in [9.17, 15) is 10.1 Å². The van der Waals surface area contributed by atoms with Crippen LogP contribution in [0, 0.1) is 11.3 Å². The van der Waals surface area contributed by atoms with Crippen molar-refractivity contribution in [1.29, 1.82) is 5.26 Å². The van der Waals surface area contributed by atoms with Crippen LogP contribution in [-0.4, -0.2) is 37.1 Å². The van der Waals surface area contributed by atoms with Crippen LogP contribution in [0.1, 0.15) is 11.1 Å². The Hall–Kier alpha value is -3.67. The number of nitrogens with zero attached hydrogens (tertiary/aromatic N) is 5. The van der Waals surface area contributed by atoms with Gasteiger partial charge in [0.2, 0.25) is 0 Å². The van der Waals surface area contributed by atoms with Gasteiger partial charge in [-0.05, 0) is 47.7 Å². The summed E-state index contributed by atoms with van der Waals surface area (Å²) in [6.45, 7) is 0.421. The molecule has 1 saturated heterocycles. The molecule has 0 N–H and O–H groups in total. The second-order valence-corrected chi connectivity index (χ2v) is 10.4. The third-order valence-corrected chi connectivity index (χ3v) is 8.22. The van der Waals surface area contributed by atoms with Crippen molar-refractivity contribution in [3.05, 3.63) is 93.9 Å². The summed E-state index contributed by atoms with van der Waals surface area (Å²) in [5, 5.41) is 11.1. The molecule has 0 atom stereocenters. The van der Waals surface area contributed by atoms with Crippen LogP contribution in [0.25, 0.3) is 0 Å². The number of hydrogen-bond acceptors (Lipinski definition) is 7. The van der Waals surface area contributed by atoms with E-state index >= 15 is 0 Å². The zero-order chi connectivity index (χ0) is 24.5. The third kappa shape index (κ3) is 4.41. The minimum absolute atomic E-state index is 0.0647. The van der Waals surface area contributed by atoms with Crippen LogP contribution in [-0.2, 0) is 11.3 Å². The zero-order valence-corrected chi connectivity index (χ0v) is 21.2. The molecule has 2 aliphatic rings. The van der Waals surface area contributed by atoms with Crippen LogP contribution in [0.3, 0.4) is 0 Å². The summed E-state index contributed by atoms with van der Waals surface area (Å²) < 4.78 is 0. The van der Waals surface area contributed by atoms with Crippen molar-refractivity contribution < 1.29 is 4.79 Å². The first-order valence-electron chi connectivity index (χ1n) is 11.0. The lowest BCUT2D eigenvalue weighted by atomic mass is 10.1. The van der Waals surface area contributed by atoms with Crippen LogP contribution in [0.15, 0.2) is 92.6 Å². The number of nitriles is 1. The standard InChI is InChI=1S/C27H23N5OS2/c1-30(2)21-14-13-20(15-19(21)16-28)29-27-32(17-18-9-5-4-6-10-18)25(33)24(35-27)26-31(3)22-11-7-8-12-23(22)34-26/h4-15H,17H2,1-3H3/b26-24+,29-27?. The number of carbonyl (C=O) groups is 1.